The maximum absolute atomic E-state index is 12.7. The standard InChI is InChI=1S/C31H21N5O4S2/c1-19-7-5-6-10-24(19)30(38)34-23-12-13-25-28(17-23)42-31(35-25)41-27-14-11-20(16-26(27)36(39)40)15-21(18-32)29(37)33-22-8-3-2-4-9-22/h2-17H,1H3,(H,33,37)(H,34,38)/b21-15+. The smallest absolute Gasteiger partial charge is 0.283 e. The van der Waals surface area contributed by atoms with Crippen LogP contribution in [0.3, 0.4) is 0 Å². The van der Waals surface area contributed by atoms with Crippen LogP contribution in [-0.4, -0.2) is 21.7 Å². The Labute approximate surface area is 248 Å². The van der Waals surface area contributed by atoms with Gasteiger partial charge in [-0.3, -0.25) is 19.7 Å². The van der Waals surface area contributed by atoms with Crippen LogP contribution < -0.4 is 10.6 Å². The molecule has 0 atom stereocenters. The van der Waals surface area contributed by atoms with Crippen molar-refractivity contribution in [3.8, 4) is 6.07 Å². The summed E-state index contributed by atoms with van der Waals surface area (Å²) in [7, 11) is 0. The molecule has 11 heteroatoms. The summed E-state index contributed by atoms with van der Waals surface area (Å²) in [4.78, 5) is 41.6. The first-order valence-electron chi connectivity index (χ1n) is 12.5. The third-order valence-electron chi connectivity index (χ3n) is 6.10. The lowest BCUT2D eigenvalue weighted by Crippen LogP contribution is -2.13. The highest BCUT2D eigenvalue weighted by atomic mass is 32.2. The number of rotatable bonds is 8. The van der Waals surface area contributed by atoms with Gasteiger partial charge in [0.05, 0.1) is 20.0 Å². The molecule has 0 aliphatic carbocycles. The number of nitrogens with one attached hydrogen (secondary N) is 2. The van der Waals surface area contributed by atoms with Crippen molar-refractivity contribution in [2.75, 3.05) is 10.6 Å². The Balaban J connectivity index is 1.35. The van der Waals surface area contributed by atoms with Crippen molar-refractivity contribution in [2.24, 2.45) is 0 Å². The molecular formula is C31H21N5O4S2. The number of thiazole rings is 1. The Morgan fingerprint density at radius 2 is 1.74 bits per heavy atom. The van der Waals surface area contributed by atoms with Crippen LogP contribution in [0.1, 0.15) is 21.5 Å². The van der Waals surface area contributed by atoms with Crippen molar-refractivity contribution in [2.45, 2.75) is 16.2 Å². The van der Waals surface area contributed by atoms with E-state index >= 15 is 0 Å². The highest BCUT2D eigenvalue weighted by Crippen LogP contribution is 2.40. The molecule has 0 spiro atoms. The van der Waals surface area contributed by atoms with Crippen LogP contribution in [0.4, 0.5) is 17.1 Å². The summed E-state index contributed by atoms with van der Waals surface area (Å²) < 4.78 is 1.39. The number of nitriles is 1. The minimum absolute atomic E-state index is 0.181. The fourth-order valence-corrected chi connectivity index (χ4v) is 6.18. The molecule has 0 saturated carbocycles. The number of amides is 2. The van der Waals surface area contributed by atoms with Crippen LogP contribution in [-0.2, 0) is 4.79 Å². The van der Waals surface area contributed by atoms with Gasteiger partial charge in [0.25, 0.3) is 17.5 Å². The van der Waals surface area contributed by atoms with E-state index in [1.807, 2.05) is 37.3 Å². The molecule has 0 bridgehead atoms. The summed E-state index contributed by atoms with van der Waals surface area (Å²) >= 11 is 2.49. The van der Waals surface area contributed by atoms with Gasteiger partial charge < -0.3 is 10.6 Å². The van der Waals surface area contributed by atoms with Crippen LogP contribution >= 0.6 is 23.1 Å². The normalized spacial score (nSPS) is 11.1. The number of nitrogens with zero attached hydrogens (tertiary/aromatic N) is 3. The number of aromatic nitrogens is 1. The zero-order valence-corrected chi connectivity index (χ0v) is 23.7. The van der Waals surface area contributed by atoms with Crippen LogP contribution in [0.2, 0.25) is 0 Å². The number of hydrogen-bond acceptors (Lipinski definition) is 8. The van der Waals surface area contributed by atoms with Crippen molar-refractivity contribution in [3.63, 3.8) is 0 Å². The Morgan fingerprint density at radius 1 is 0.976 bits per heavy atom. The molecule has 9 nitrogen and oxygen atoms in total. The Bertz CT molecular complexity index is 1910. The van der Waals surface area contributed by atoms with E-state index in [9.17, 15) is 25.0 Å². The van der Waals surface area contributed by atoms with Gasteiger partial charge >= 0.3 is 0 Å². The van der Waals surface area contributed by atoms with Gasteiger partial charge in [-0.2, -0.15) is 5.26 Å². The molecule has 206 valence electrons. The highest BCUT2D eigenvalue weighted by Gasteiger charge is 2.19. The monoisotopic (exact) mass is 591 g/mol. The van der Waals surface area contributed by atoms with Gasteiger partial charge in [0.1, 0.15) is 11.6 Å². The van der Waals surface area contributed by atoms with E-state index in [1.165, 1.54) is 23.5 Å². The maximum Gasteiger partial charge on any atom is 0.283 e. The van der Waals surface area contributed by atoms with Gasteiger partial charge in [-0.25, -0.2) is 4.98 Å². The predicted molar refractivity (Wildman–Crippen MR) is 165 cm³/mol. The summed E-state index contributed by atoms with van der Waals surface area (Å²) in [6.07, 6.45) is 1.31. The molecule has 42 heavy (non-hydrogen) atoms. The summed E-state index contributed by atoms with van der Waals surface area (Å²) in [6, 6.07) is 27.7. The molecule has 1 heterocycles. The fourth-order valence-electron chi connectivity index (χ4n) is 4.03. The van der Waals surface area contributed by atoms with Crippen molar-refractivity contribution in [1.29, 1.82) is 5.26 Å². The van der Waals surface area contributed by atoms with Crippen LogP contribution in [0.5, 0.6) is 0 Å². The van der Waals surface area contributed by atoms with Gasteiger partial charge in [-0.15, -0.1) is 11.3 Å². The van der Waals surface area contributed by atoms with Crippen molar-refractivity contribution in [1.82, 2.24) is 4.98 Å². The first-order chi connectivity index (χ1) is 20.3. The van der Waals surface area contributed by atoms with Gasteiger partial charge in [0.2, 0.25) is 0 Å². The topological polar surface area (TPSA) is 138 Å². The zero-order valence-electron chi connectivity index (χ0n) is 22.0. The first-order valence-corrected chi connectivity index (χ1v) is 14.2. The lowest BCUT2D eigenvalue weighted by atomic mass is 10.1. The minimum atomic E-state index is -0.617. The highest BCUT2D eigenvalue weighted by molar-refractivity contribution is 8.01. The van der Waals surface area contributed by atoms with Gasteiger partial charge in [0.15, 0.2) is 4.34 Å². The predicted octanol–water partition coefficient (Wildman–Crippen LogP) is 7.46. The Kier molecular flexibility index (Phi) is 8.38. The van der Waals surface area contributed by atoms with Crippen LogP contribution in [0, 0.1) is 28.4 Å². The molecular weight excluding hydrogens is 571 g/mol. The lowest BCUT2D eigenvalue weighted by molar-refractivity contribution is -0.387. The Morgan fingerprint density at radius 3 is 2.48 bits per heavy atom. The summed E-state index contributed by atoms with van der Waals surface area (Å²) in [6.45, 7) is 1.87. The van der Waals surface area contributed by atoms with Crippen LogP contribution in [0.25, 0.3) is 16.3 Å². The summed E-state index contributed by atoms with van der Waals surface area (Å²) in [5, 5.41) is 27.0. The third-order valence-corrected chi connectivity index (χ3v) is 8.24. The second kappa shape index (κ2) is 12.5. The molecule has 5 rings (SSSR count). The summed E-state index contributed by atoms with van der Waals surface area (Å²) in [5.74, 6) is -0.831. The second-order valence-corrected chi connectivity index (χ2v) is 11.3. The van der Waals surface area contributed by atoms with Gasteiger partial charge in [0, 0.05) is 23.0 Å². The van der Waals surface area contributed by atoms with Gasteiger partial charge in [-0.05, 0) is 66.6 Å². The van der Waals surface area contributed by atoms with E-state index in [1.54, 1.807) is 60.7 Å². The van der Waals surface area contributed by atoms with E-state index in [0.29, 0.717) is 37.3 Å². The van der Waals surface area contributed by atoms with E-state index < -0.39 is 10.8 Å². The second-order valence-electron chi connectivity index (χ2n) is 9.01. The van der Waals surface area contributed by atoms with E-state index in [2.05, 4.69) is 15.6 Å². The van der Waals surface area contributed by atoms with E-state index in [4.69, 9.17) is 0 Å². The molecule has 0 fully saturated rings. The summed E-state index contributed by atoms with van der Waals surface area (Å²) in [5.41, 5.74) is 3.26. The van der Waals surface area contributed by atoms with Crippen molar-refractivity contribution < 1.29 is 14.5 Å². The average molecular weight is 592 g/mol. The number of benzene rings is 4. The number of nitro benzene ring substituents is 1. The van der Waals surface area contributed by atoms with E-state index in [-0.39, 0.29) is 17.2 Å². The number of carbonyl (C=O) groups is 2. The molecule has 2 N–H and O–H groups in total. The van der Waals surface area contributed by atoms with Crippen molar-refractivity contribution in [3.05, 3.63) is 123 Å². The lowest BCUT2D eigenvalue weighted by Gasteiger charge is -2.07. The number of fused-ring (bicyclic) bond motifs is 1. The SMILES string of the molecule is Cc1ccccc1C(=O)Nc1ccc2nc(Sc3ccc(/C=C(\C#N)C(=O)Nc4ccccc4)cc3[N+](=O)[O-])sc2c1. The maximum atomic E-state index is 12.7. The quantitative estimate of drug-likeness (QED) is 0.0826. The molecule has 1 aromatic heterocycles. The third kappa shape index (κ3) is 6.52. The number of hydrogen-bond donors (Lipinski definition) is 2. The Hall–Kier alpha value is -5.31. The number of anilines is 2. The molecule has 0 unspecified atom stereocenters. The fraction of sp³-hybridized carbons (Fsp3) is 0.0323. The molecule has 0 aliphatic rings. The number of aryl methyl sites for hydroxylation is 1. The number of para-hydroxylation sites is 1. The molecule has 0 saturated heterocycles. The number of carbonyl (C=O) groups excluding carboxylic acids is 2. The largest absolute Gasteiger partial charge is 0.322 e. The van der Waals surface area contributed by atoms with Crippen molar-refractivity contribution >= 4 is 68.3 Å². The minimum Gasteiger partial charge on any atom is -0.322 e. The number of nitro groups is 1. The zero-order chi connectivity index (χ0) is 29.6. The average Bonchev–Trinajstić information content (AvgIpc) is 3.38. The molecule has 0 radical (unpaired) electrons. The first kappa shape index (κ1) is 28.2. The molecule has 0 aliphatic heterocycles. The van der Waals surface area contributed by atoms with E-state index in [0.717, 1.165) is 22.0 Å². The van der Waals surface area contributed by atoms with Crippen LogP contribution in [0.15, 0.2) is 106 Å². The molecule has 4 aromatic carbocycles. The molecule has 2 amide bonds. The van der Waals surface area contributed by atoms with Gasteiger partial charge in [-0.1, -0.05) is 54.2 Å². The molecule has 5 aromatic rings.